The van der Waals surface area contributed by atoms with E-state index in [-0.39, 0.29) is 31.4 Å². The Hall–Kier alpha value is -3.53. The van der Waals surface area contributed by atoms with Gasteiger partial charge in [-0.25, -0.2) is 0 Å². The van der Waals surface area contributed by atoms with Crippen LogP contribution < -0.4 is 19.7 Å². The third-order valence-corrected chi connectivity index (χ3v) is 4.28. The number of benzene rings is 1. The van der Waals surface area contributed by atoms with Crippen LogP contribution in [0.15, 0.2) is 48.8 Å². The van der Waals surface area contributed by atoms with Crippen molar-refractivity contribution >= 4 is 17.5 Å². The number of aromatic nitrogens is 1. The van der Waals surface area contributed by atoms with Crippen molar-refractivity contribution in [3.8, 4) is 23.3 Å². The van der Waals surface area contributed by atoms with E-state index in [4.69, 9.17) is 9.47 Å². The summed E-state index contributed by atoms with van der Waals surface area (Å²) in [6.07, 6.45) is 3.45. The van der Waals surface area contributed by atoms with Gasteiger partial charge in [-0.2, -0.15) is 0 Å². The molecule has 1 atom stereocenters. The van der Waals surface area contributed by atoms with Gasteiger partial charge in [-0.05, 0) is 24.3 Å². The standard InChI is InChI=1S/C21H21N3O4/c1-27-18-7-4-6-17(13-18)24-15-16(12-20(24)25)21(26)23-10-2-3-11-28-19-8-5-9-22-14-19/h4-9,13-14,16H,10-12,15H2,1H3,(H,23,26). The molecule has 0 spiro atoms. The van der Waals surface area contributed by atoms with Crippen LogP contribution in [0, 0.1) is 17.8 Å². The molecule has 1 aromatic heterocycles. The molecule has 1 saturated heterocycles. The fraction of sp³-hybridized carbons (Fsp3) is 0.286. The Kier molecular flexibility index (Phi) is 6.47. The quantitative estimate of drug-likeness (QED) is 0.772. The third kappa shape index (κ3) is 5.01. The molecule has 0 aliphatic carbocycles. The van der Waals surface area contributed by atoms with E-state index in [1.807, 2.05) is 18.2 Å². The number of hydrogen-bond donors (Lipinski definition) is 1. The van der Waals surface area contributed by atoms with Crippen LogP contribution in [0.25, 0.3) is 0 Å². The summed E-state index contributed by atoms with van der Waals surface area (Å²) in [5.74, 6) is 6.32. The normalized spacial score (nSPS) is 15.5. The first-order valence-electron chi connectivity index (χ1n) is 8.88. The number of rotatable bonds is 6. The predicted molar refractivity (Wildman–Crippen MR) is 104 cm³/mol. The van der Waals surface area contributed by atoms with E-state index in [0.29, 0.717) is 18.0 Å². The van der Waals surface area contributed by atoms with Crippen molar-refractivity contribution in [3.63, 3.8) is 0 Å². The molecule has 1 unspecified atom stereocenters. The lowest BCUT2D eigenvalue weighted by atomic mass is 10.1. The highest BCUT2D eigenvalue weighted by molar-refractivity contribution is 6.00. The predicted octanol–water partition coefficient (Wildman–Crippen LogP) is 1.64. The van der Waals surface area contributed by atoms with Gasteiger partial charge in [0.25, 0.3) is 0 Å². The fourth-order valence-electron chi connectivity index (χ4n) is 2.85. The second-order valence-electron chi connectivity index (χ2n) is 6.16. The van der Waals surface area contributed by atoms with Crippen LogP contribution >= 0.6 is 0 Å². The molecular formula is C21H21N3O4. The summed E-state index contributed by atoms with van der Waals surface area (Å²) in [6, 6.07) is 10.8. The molecule has 28 heavy (non-hydrogen) atoms. The van der Waals surface area contributed by atoms with Gasteiger partial charge in [0.05, 0.1) is 25.8 Å². The molecule has 2 heterocycles. The van der Waals surface area contributed by atoms with Crippen molar-refractivity contribution in [2.75, 3.05) is 31.7 Å². The first kappa shape index (κ1) is 19.2. The molecule has 7 nitrogen and oxygen atoms in total. The summed E-state index contributed by atoms with van der Waals surface area (Å²) in [5.41, 5.74) is 0.729. The minimum atomic E-state index is -0.396. The van der Waals surface area contributed by atoms with Gasteiger partial charge in [0.15, 0.2) is 0 Å². The van der Waals surface area contributed by atoms with E-state index in [9.17, 15) is 9.59 Å². The highest BCUT2D eigenvalue weighted by atomic mass is 16.5. The average molecular weight is 379 g/mol. The minimum absolute atomic E-state index is 0.0793. The average Bonchev–Trinajstić information content (AvgIpc) is 3.13. The fourth-order valence-corrected chi connectivity index (χ4v) is 2.85. The number of hydrogen-bond acceptors (Lipinski definition) is 5. The van der Waals surface area contributed by atoms with Crippen LogP contribution in [-0.2, 0) is 9.59 Å². The Labute approximate surface area is 163 Å². The highest BCUT2D eigenvalue weighted by Gasteiger charge is 2.35. The molecule has 1 aromatic carbocycles. The largest absolute Gasteiger partial charge is 0.497 e. The van der Waals surface area contributed by atoms with Crippen LogP contribution in [0.1, 0.15) is 6.42 Å². The van der Waals surface area contributed by atoms with Crippen LogP contribution in [0.2, 0.25) is 0 Å². The summed E-state index contributed by atoms with van der Waals surface area (Å²) in [5, 5.41) is 2.75. The topological polar surface area (TPSA) is 80.8 Å². The molecule has 0 radical (unpaired) electrons. The van der Waals surface area contributed by atoms with Crippen molar-refractivity contribution in [1.29, 1.82) is 0 Å². The molecule has 144 valence electrons. The van der Waals surface area contributed by atoms with Gasteiger partial charge in [0.1, 0.15) is 18.1 Å². The zero-order chi connectivity index (χ0) is 19.8. The number of methoxy groups -OCH3 is 1. The first-order valence-corrected chi connectivity index (χ1v) is 8.88. The maximum atomic E-state index is 12.3. The maximum Gasteiger partial charge on any atom is 0.227 e. The van der Waals surface area contributed by atoms with Gasteiger partial charge in [-0.3, -0.25) is 14.6 Å². The Balaban J connectivity index is 1.45. The lowest BCUT2D eigenvalue weighted by molar-refractivity contribution is -0.126. The van der Waals surface area contributed by atoms with Crippen LogP contribution in [0.5, 0.6) is 11.5 Å². The highest BCUT2D eigenvalue weighted by Crippen LogP contribution is 2.27. The number of carbonyl (C=O) groups is 2. The Morgan fingerprint density at radius 1 is 1.29 bits per heavy atom. The first-order chi connectivity index (χ1) is 13.7. The zero-order valence-corrected chi connectivity index (χ0v) is 15.6. The van der Waals surface area contributed by atoms with Crippen LogP contribution in [0.4, 0.5) is 5.69 Å². The summed E-state index contributed by atoms with van der Waals surface area (Å²) < 4.78 is 10.6. The number of pyridine rings is 1. The van der Waals surface area contributed by atoms with E-state index < -0.39 is 5.92 Å². The van der Waals surface area contributed by atoms with Crippen LogP contribution in [-0.4, -0.2) is 43.6 Å². The van der Waals surface area contributed by atoms with E-state index in [1.54, 1.807) is 42.6 Å². The second-order valence-corrected chi connectivity index (χ2v) is 6.16. The van der Waals surface area contributed by atoms with Gasteiger partial charge >= 0.3 is 0 Å². The Bertz CT molecular complexity index is 889. The Morgan fingerprint density at radius 3 is 2.93 bits per heavy atom. The van der Waals surface area contributed by atoms with E-state index in [2.05, 4.69) is 22.1 Å². The lowest BCUT2D eigenvalue weighted by Gasteiger charge is -2.17. The number of carbonyl (C=O) groups excluding carboxylic acids is 2. The molecule has 3 rings (SSSR count). The lowest BCUT2D eigenvalue weighted by Crippen LogP contribution is -2.33. The van der Waals surface area contributed by atoms with Gasteiger partial charge in [0.2, 0.25) is 11.8 Å². The van der Waals surface area contributed by atoms with E-state index >= 15 is 0 Å². The molecule has 0 bridgehead atoms. The van der Waals surface area contributed by atoms with Gasteiger partial charge in [-0.1, -0.05) is 17.9 Å². The van der Waals surface area contributed by atoms with Crippen molar-refractivity contribution in [1.82, 2.24) is 10.3 Å². The molecular weight excluding hydrogens is 358 g/mol. The molecule has 1 aliphatic rings. The van der Waals surface area contributed by atoms with E-state index in [0.717, 1.165) is 5.69 Å². The molecule has 2 aromatic rings. The zero-order valence-electron chi connectivity index (χ0n) is 15.6. The summed E-state index contributed by atoms with van der Waals surface area (Å²) in [7, 11) is 1.57. The number of nitrogens with one attached hydrogen (secondary N) is 1. The van der Waals surface area contributed by atoms with Crippen molar-refractivity contribution < 1.29 is 19.1 Å². The molecule has 1 N–H and O–H groups in total. The molecule has 1 aliphatic heterocycles. The number of anilines is 1. The number of ether oxygens (including phenoxy) is 2. The molecule has 2 amide bonds. The monoisotopic (exact) mass is 379 g/mol. The van der Waals surface area contributed by atoms with Crippen molar-refractivity contribution in [3.05, 3.63) is 48.8 Å². The van der Waals surface area contributed by atoms with Crippen LogP contribution in [0.3, 0.4) is 0 Å². The number of amides is 2. The van der Waals surface area contributed by atoms with Crippen molar-refractivity contribution in [2.24, 2.45) is 5.92 Å². The summed E-state index contributed by atoms with van der Waals surface area (Å²) in [4.78, 5) is 30.2. The number of nitrogens with zero attached hydrogens (tertiary/aromatic N) is 2. The van der Waals surface area contributed by atoms with Gasteiger partial charge < -0.3 is 19.7 Å². The second kappa shape index (κ2) is 9.42. The molecule has 1 fully saturated rings. The molecule has 7 heteroatoms. The molecule has 0 saturated carbocycles. The summed E-state index contributed by atoms with van der Waals surface area (Å²) >= 11 is 0. The summed E-state index contributed by atoms with van der Waals surface area (Å²) in [6.45, 7) is 0.765. The maximum absolute atomic E-state index is 12.3. The SMILES string of the molecule is COc1cccc(N2CC(C(=O)NCC#CCOc3cccnc3)CC2=O)c1. The smallest absolute Gasteiger partial charge is 0.227 e. The third-order valence-electron chi connectivity index (χ3n) is 4.28. The minimum Gasteiger partial charge on any atom is -0.497 e. The van der Waals surface area contributed by atoms with Gasteiger partial charge in [0, 0.05) is 30.9 Å². The Morgan fingerprint density at radius 2 is 2.14 bits per heavy atom. The van der Waals surface area contributed by atoms with Gasteiger partial charge in [-0.15, -0.1) is 0 Å². The van der Waals surface area contributed by atoms with Crippen molar-refractivity contribution in [2.45, 2.75) is 6.42 Å². The van der Waals surface area contributed by atoms with E-state index in [1.165, 1.54) is 0 Å².